The van der Waals surface area contributed by atoms with Crippen molar-refractivity contribution in [2.75, 3.05) is 11.5 Å². The molecule has 1 saturated heterocycles. The van der Waals surface area contributed by atoms with Gasteiger partial charge >= 0.3 is 0 Å². The van der Waals surface area contributed by atoms with Crippen molar-refractivity contribution in [2.24, 2.45) is 5.73 Å². The Balaban J connectivity index is 1.81. The first-order valence-corrected chi connectivity index (χ1v) is 7.14. The van der Waals surface area contributed by atoms with Gasteiger partial charge in [-0.1, -0.05) is 18.0 Å². The second-order valence-electron chi connectivity index (χ2n) is 4.88. The Morgan fingerprint density at radius 3 is 2.88 bits per heavy atom. The van der Waals surface area contributed by atoms with Crippen LogP contribution in [0.5, 0.6) is 0 Å². The number of rotatable bonds is 2. The largest absolute Gasteiger partial charge is 0.339 e. The van der Waals surface area contributed by atoms with Crippen LogP contribution in [0.3, 0.4) is 0 Å². The van der Waals surface area contributed by atoms with Crippen molar-refractivity contribution in [3.05, 3.63) is 11.7 Å². The lowest BCUT2D eigenvalue weighted by atomic mass is 9.98. The summed E-state index contributed by atoms with van der Waals surface area (Å²) in [5.74, 6) is 4.31. The van der Waals surface area contributed by atoms with E-state index in [1.165, 1.54) is 18.6 Å². The summed E-state index contributed by atoms with van der Waals surface area (Å²) in [6.45, 7) is 0. The van der Waals surface area contributed by atoms with E-state index in [-0.39, 0.29) is 5.54 Å². The molecule has 2 N–H and O–H groups in total. The Bertz CT molecular complexity index is 367. The number of hydrogen-bond donors (Lipinski definition) is 1. The van der Waals surface area contributed by atoms with Gasteiger partial charge in [-0.25, -0.2) is 0 Å². The van der Waals surface area contributed by atoms with Gasteiger partial charge in [0.2, 0.25) is 5.89 Å². The van der Waals surface area contributed by atoms with Crippen LogP contribution in [0.25, 0.3) is 0 Å². The molecule has 1 aliphatic carbocycles. The Hall–Kier alpha value is -0.550. The third kappa shape index (κ3) is 1.76. The van der Waals surface area contributed by atoms with Crippen LogP contribution >= 0.6 is 11.8 Å². The van der Waals surface area contributed by atoms with Gasteiger partial charge in [-0.15, -0.1) is 0 Å². The number of nitrogens with two attached hydrogens (primary N) is 1. The van der Waals surface area contributed by atoms with Crippen molar-refractivity contribution in [3.63, 3.8) is 0 Å². The van der Waals surface area contributed by atoms with Crippen LogP contribution < -0.4 is 5.73 Å². The summed E-state index contributed by atoms with van der Waals surface area (Å²) in [6, 6.07) is 0. The summed E-state index contributed by atoms with van der Waals surface area (Å²) in [6.07, 6.45) is 5.50. The highest BCUT2D eigenvalue weighted by atomic mass is 32.2. The minimum Gasteiger partial charge on any atom is -0.339 e. The van der Waals surface area contributed by atoms with Crippen LogP contribution in [0.15, 0.2) is 4.52 Å². The first-order chi connectivity index (χ1) is 7.78. The van der Waals surface area contributed by atoms with E-state index in [1.807, 2.05) is 11.8 Å². The zero-order valence-corrected chi connectivity index (χ0v) is 10.1. The Kier molecular flexibility index (Phi) is 2.67. The molecular weight excluding hydrogens is 222 g/mol. The summed E-state index contributed by atoms with van der Waals surface area (Å²) >= 11 is 1.96. The Labute approximate surface area is 99.4 Å². The molecule has 0 radical (unpaired) electrons. The molecule has 2 aliphatic rings. The average Bonchev–Trinajstić information content (AvgIpc) is 2.98. The zero-order chi connectivity index (χ0) is 11.0. The quantitative estimate of drug-likeness (QED) is 0.855. The first-order valence-electron chi connectivity index (χ1n) is 5.99. The predicted molar refractivity (Wildman–Crippen MR) is 63.3 cm³/mol. The summed E-state index contributed by atoms with van der Waals surface area (Å²) in [5, 5.41) is 4.09. The molecule has 2 fully saturated rings. The summed E-state index contributed by atoms with van der Waals surface area (Å²) in [5.41, 5.74) is 5.99. The normalized spacial score (nSPS) is 28.7. The van der Waals surface area contributed by atoms with Crippen LogP contribution in [0.2, 0.25) is 0 Å². The lowest BCUT2D eigenvalue weighted by molar-refractivity contribution is 0.338. The number of aromatic nitrogens is 2. The minimum absolute atomic E-state index is 0.312. The summed E-state index contributed by atoms with van der Waals surface area (Å²) in [7, 11) is 0. The topological polar surface area (TPSA) is 64.9 Å². The van der Waals surface area contributed by atoms with Crippen LogP contribution in [-0.4, -0.2) is 21.6 Å². The molecule has 1 aromatic rings. The van der Waals surface area contributed by atoms with Crippen molar-refractivity contribution in [3.8, 4) is 0 Å². The standard InChI is InChI=1S/C11H17N3OS/c12-11(4-1-2-5-11)10-13-9(15-14-10)8-3-6-16-7-8/h8H,1-7,12H2. The molecule has 1 aromatic heterocycles. The molecule has 0 aromatic carbocycles. The SMILES string of the molecule is NC1(c2noc(C3CCSC3)n2)CCCC1. The van der Waals surface area contributed by atoms with Gasteiger partial charge in [0.25, 0.3) is 0 Å². The van der Waals surface area contributed by atoms with Gasteiger partial charge in [0, 0.05) is 11.7 Å². The fraction of sp³-hybridized carbons (Fsp3) is 0.818. The van der Waals surface area contributed by atoms with Gasteiger partial charge in [0.15, 0.2) is 5.82 Å². The van der Waals surface area contributed by atoms with Gasteiger partial charge in [0.05, 0.1) is 5.54 Å². The molecule has 1 saturated carbocycles. The molecule has 2 heterocycles. The molecule has 1 unspecified atom stereocenters. The molecule has 1 aliphatic heterocycles. The van der Waals surface area contributed by atoms with Crippen LogP contribution in [0.4, 0.5) is 0 Å². The van der Waals surface area contributed by atoms with Gasteiger partial charge < -0.3 is 10.3 Å². The van der Waals surface area contributed by atoms with E-state index in [0.29, 0.717) is 5.92 Å². The smallest absolute Gasteiger partial charge is 0.230 e. The molecular formula is C11H17N3OS. The maximum Gasteiger partial charge on any atom is 0.230 e. The lowest BCUT2D eigenvalue weighted by Crippen LogP contribution is -2.34. The molecule has 0 spiro atoms. The van der Waals surface area contributed by atoms with Crippen LogP contribution in [-0.2, 0) is 5.54 Å². The van der Waals surface area contributed by atoms with Gasteiger partial charge in [-0.2, -0.15) is 16.7 Å². The molecule has 1 atom stereocenters. The minimum atomic E-state index is -0.312. The summed E-state index contributed by atoms with van der Waals surface area (Å²) < 4.78 is 5.37. The molecule has 0 amide bonds. The molecule has 16 heavy (non-hydrogen) atoms. The van der Waals surface area contributed by atoms with E-state index in [9.17, 15) is 0 Å². The van der Waals surface area contributed by atoms with Crippen molar-refractivity contribution in [1.82, 2.24) is 10.1 Å². The van der Waals surface area contributed by atoms with E-state index in [2.05, 4.69) is 10.1 Å². The van der Waals surface area contributed by atoms with Crippen LogP contribution in [0, 0.1) is 0 Å². The van der Waals surface area contributed by atoms with Gasteiger partial charge in [-0.05, 0) is 25.0 Å². The predicted octanol–water partition coefficient (Wildman–Crippen LogP) is 2.02. The van der Waals surface area contributed by atoms with Gasteiger partial charge in [-0.3, -0.25) is 0 Å². The fourth-order valence-electron chi connectivity index (χ4n) is 2.56. The third-order valence-electron chi connectivity index (χ3n) is 3.66. The van der Waals surface area contributed by atoms with E-state index < -0.39 is 0 Å². The maximum absolute atomic E-state index is 6.30. The van der Waals surface area contributed by atoms with E-state index in [4.69, 9.17) is 10.3 Å². The van der Waals surface area contributed by atoms with Crippen molar-refractivity contribution in [1.29, 1.82) is 0 Å². The Morgan fingerprint density at radius 1 is 1.38 bits per heavy atom. The number of thioether (sulfide) groups is 1. The highest BCUT2D eigenvalue weighted by Gasteiger charge is 2.36. The Morgan fingerprint density at radius 2 is 2.19 bits per heavy atom. The second kappa shape index (κ2) is 4.04. The van der Waals surface area contributed by atoms with Crippen molar-refractivity contribution >= 4 is 11.8 Å². The van der Waals surface area contributed by atoms with Crippen molar-refractivity contribution < 1.29 is 4.52 Å². The van der Waals surface area contributed by atoms with Gasteiger partial charge in [0.1, 0.15) is 0 Å². The third-order valence-corrected chi connectivity index (χ3v) is 4.82. The molecule has 3 rings (SSSR count). The highest BCUT2D eigenvalue weighted by Crippen LogP contribution is 2.36. The monoisotopic (exact) mass is 239 g/mol. The molecule has 88 valence electrons. The fourth-order valence-corrected chi connectivity index (χ4v) is 3.77. The molecule has 4 nitrogen and oxygen atoms in total. The van der Waals surface area contributed by atoms with Crippen molar-refractivity contribution in [2.45, 2.75) is 43.6 Å². The maximum atomic E-state index is 6.30. The van der Waals surface area contributed by atoms with E-state index in [0.717, 1.165) is 36.7 Å². The molecule has 5 heteroatoms. The lowest BCUT2D eigenvalue weighted by Gasteiger charge is -2.17. The second-order valence-corrected chi connectivity index (χ2v) is 6.03. The number of hydrogen-bond acceptors (Lipinski definition) is 5. The molecule has 0 bridgehead atoms. The summed E-state index contributed by atoms with van der Waals surface area (Å²) in [4.78, 5) is 4.53. The number of nitrogens with zero attached hydrogens (tertiary/aromatic N) is 2. The van der Waals surface area contributed by atoms with E-state index in [1.54, 1.807) is 0 Å². The highest BCUT2D eigenvalue weighted by molar-refractivity contribution is 7.99. The first kappa shape index (κ1) is 10.6. The zero-order valence-electron chi connectivity index (χ0n) is 9.32. The van der Waals surface area contributed by atoms with Crippen LogP contribution in [0.1, 0.15) is 49.7 Å². The van der Waals surface area contributed by atoms with E-state index >= 15 is 0 Å². The average molecular weight is 239 g/mol.